The lowest BCUT2D eigenvalue weighted by atomic mass is 9.90. The van der Waals surface area contributed by atoms with Gasteiger partial charge in [0.1, 0.15) is 51.1 Å². The van der Waals surface area contributed by atoms with Crippen molar-refractivity contribution < 1.29 is 117 Å². The highest BCUT2D eigenvalue weighted by Crippen LogP contribution is 2.44. The van der Waals surface area contributed by atoms with Gasteiger partial charge in [0, 0.05) is 85.6 Å². The van der Waals surface area contributed by atoms with Crippen LogP contribution in [-0.4, -0.2) is 178 Å². The monoisotopic (exact) mass is 1450 g/mol. The fourth-order valence-electron chi connectivity index (χ4n) is 11.2. The van der Waals surface area contributed by atoms with Crippen molar-refractivity contribution in [2.24, 2.45) is 11.7 Å². The van der Waals surface area contributed by atoms with E-state index in [0.29, 0.717) is 54.0 Å². The van der Waals surface area contributed by atoms with E-state index >= 15 is 13.2 Å². The summed E-state index contributed by atoms with van der Waals surface area (Å²) in [7, 11) is -4.82. The lowest BCUT2D eigenvalue weighted by Gasteiger charge is -2.25. The molecule has 3 amide bonds. The number of imide groups is 1. The van der Waals surface area contributed by atoms with Crippen LogP contribution in [0.25, 0.3) is 33.4 Å². The van der Waals surface area contributed by atoms with Gasteiger partial charge in [0.15, 0.2) is 32.7 Å². The van der Waals surface area contributed by atoms with E-state index in [2.05, 4.69) is 10.6 Å². The van der Waals surface area contributed by atoms with Crippen molar-refractivity contribution in [3.05, 3.63) is 87.8 Å². The Morgan fingerprint density at radius 1 is 0.737 bits per heavy atom. The lowest BCUT2D eigenvalue weighted by molar-refractivity contribution is -0.144. The average Bonchev–Trinajstić information content (AvgIpc) is 1.01. The van der Waals surface area contributed by atoms with E-state index in [9.17, 15) is 85.6 Å². The number of carbonyl (C=O) groups is 9. The first-order valence-electron chi connectivity index (χ1n) is 31.7. The van der Waals surface area contributed by atoms with Crippen LogP contribution >= 0.6 is 11.8 Å². The summed E-state index contributed by atoms with van der Waals surface area (Å²) in [4.78, 5) is 128. The summed E-state index contributed by atoms with van der Waals surface area (Å²) >= 11 is -2.34. The fraction of sp³-hybridized carbons (Fsp3) is 0.477. The first kappa shape index (κ1) is 78.1. The van der Waals surface area contributed by atoms with Crippen LogP contribution in [0.15, 0.2) is 68.7 Å². The van der Waals surface area contributed by atoms with E-state index in [0.717, 1.165) is 30.2 Å². The number of nitrogens with one attached hydrogen (secondary N) is 3. The van der Waals surface area contributed by atoms with Crippen LogP contribution < -0.4 is 31.4 Å². The number of aromatic carboxylic acids is 1. The number of hydrogen-bond donors (Lipinski definition) is 9. The third-order valence-corrected chi connectivity index (χ3v) is 19.7. The van der Waals surface area contributed by atoms with Gasteiger partial charge in [0.2, 0.25) is 17.7 Å². The van der Waals surface area contributed by atoms with E-state index in [1.54, 1.807) is 4.72 Å². The molecule has 3 aromatic carbocycles. The maximum Gasteiger partial charge on any atom is 0.336 e. The van der Waals surface area contributed by atoms with Crippen molar-refractivity contribution in [2.75, 3.05) is 79.3 Å². The van der Waals surface area contributed by atoms with Crippen LogP contribution in [0, 0.1) is 23.4 Å². The molecule has 0 spiro atoms. The summed E-state index contributed by atoms with van der Waals surface area (Å²) in [6, 6.07) is 8.24. The Bertz CT molecular complexity index is 3960. The quantitative estimate of drug-likeness (QED) is 0.00639. The summed E-state index contributed by atoms with van der Waals surface area (Å²) in [5, 5.41) is 44.3. The van der Waals surface area contributed by atoms with Crippen molar-refractivity contribution in [3.63, 3.8) is 0 Å². The molecule has 0 bridgehead atoms. The molecule has 3 aromatic rings. The largest absolute Gasteiger partial charge is 0.508 e. The molecule has 5 atom stereocenters. The highest BCUT2D eigenvalue weighted by Gasteiger charge is 2.42. The molecule has 28 nitrogen and oxygen atoms in total. The number of nitrogens with zero attached hydrogens (tertiary/aromatic N) is 1. The first-order valence-corrected chi connectivity index (χ1v) is 35.5. The molecule has 2 unspecified atom stereocenters. The number of ether oxygens (including phenoxy) is 4. The molecule has 1 saturated carbocycles. The molecule has 2 fully saturated rings. The number of phenolic OH excluding ortho intramolecular Hbond substituents is 1. The van der Waals surface area contributed by atoms with Crippen LogP contribution in [0.4, 0.5) is 30.2 Å². The predicted molar refractivity (Wildman–Crippen MR) is 353 cm³/mol. The van der Waals surface area contributed by atoms with Gasteiger partial charge in [0.05, 0.1) is 92.6 Å². The Labute approximate surface area is 571 Å². The van der Waals surface area contributed by atoms with Crippen LogP contribution in [0.5, 0.6) is 5.75 Å². The number of Topliss-reactive ketones (excluding diaryl/α,β-unsaturated/α-hetero) is 3. The summed E-state index contributed by atoms with van der Waals surface area (Å²) in [6.07, 6.45) is 2.07. The number of aromatic hydroxyl groups is 1. The minimum atomic E-state index is -4.82. The second-order valence-electron chi connectivity index (χ2n) is 23.5. The van der Waals surface area contributed by atoms with Gasteiger partial charge in [-0.05, 0) is 67.6 Å². The number of carboxylic acid groups (broad SMARTS) is 3. The van der Waals surface area contributed by atoms with Gasteiger partial charge in [-0.15, -0.1) is 11.8 Å². The number of phenols is 1. The number of aliphatic carboxylic acids is 2. The molecule has 4 aliphatic rings. The number of carboxylic acids is 3. The second kappa shape index (κ2) is 37.3. The third kappa shape index (κ3) is 22.1. The number of anilines is 3. The second-order valence-corrected chi connectivity index (χ2v) is 27.4. The number of sulfone groups is 1. The minimum Gasteiger partial charge on any atom is -0.508 e. The van der Waals surface area contributed by atoms with Crippen LogP contribution in [0.1, 0.15) is 113 Å². The van der Waals surface area contributed by atoms with Gasteiger partial charge >= 0.3 is 17.9 Å². The zero-order valence-corrected chi connectivity index (χ0v) is 55.9. The third-order valence-electron chi connectivity index (χ3n) is 16.3. The van der Waals surface area contributed by atoms with E-state index in [4.69, 9.17) is 29.1 Å². The number of thioether (sulfide) groups is 1. The van der Waals surface area contributed by atoms with Gasteiger partial charge in [-0.3, -0.25) is 47.6 Å². The van der Waals surface area contributed by atoms with Gasteiger partial charge in [-0.1, -0.05) is 38.2 Å². The summed E-state index contributed by atoms with van der Waals surface area (Å²) in [5.74, 6) is -17.7. The minimum absolute atomic E-state index is 0.00519. The Hall–Kier alpha value is -8.22. The molecular formula is C65H76F3N5O23S3. The van der Waals surface area contributed by atoms with E-state index in [1.807, 2.05) is 0 Å². The Morgan fingerprint density at radius 2 is 1.37 bits per heavy atom. The van der Waals surface area contributed by atoms with Crippen molar-refractivity contribution in [1.82, 2.24) is 5.32 Å². The van der Waals surface area contributed by atoms with Crippen molar-refractivity contribution in [1.29, 1.82) is 0 Å². The van der Waals surface area contributed by atoms with Gasteiger partial charge in [0.25, 0.3) is 11.3 Å². The van der Waals surface area contributed by atoms with Crippen LogP contribution in [0.3, 0.4) is 0 Å². The standard InChI is InChI=1S/C65H76F3N5O23S3/c66-56-57(67)61(60(58(68)59(56)72-98(88)89)70-37-7-4-2-1-3-5-8-37)99(90,91)28-19-39(74)9-6-20-92-22-24-94-26-27-95-25-23-93-21-18-40(75)13-17-47(69)49(78)29-36(30-54(80)81)62(82)71-48(65(86)87)35-97-52-34-53(79)73(63(52)83)38-10-14-43(46(31-38)64(84)85)55-44-15-11-41(76)32-50(44)96-51-33-42(77)12-16-45(51)55/h10-12,14-16,31-33,36-37,47-48,52,70,72,76H,1-9,13,17-30,34-35,69H2,(H,71,82)(H,80,81)(H,84,85)(H,86,87)(H,88,89)/t36-,47-,48-,52?/m0/s1. The maximum atomic E-state index is 15.7. The van der Waals surface area contributed by atoms with Crippen molar-refractivity contribution in [2.45, 2.75) is 131 Å². The predicted octanol–water partition coefficient (Wildman–Crippen LogP) is 6.79. The number of carbonyl (C=O) groups excluding carboxylic acids is 6. The molecule has 0 radical (unpaired) electrons. The molecule has 34 heteroatoms. The number of nitrogens with two attached hydrogens (primary N) is 1. The number of ketones is 3. The Balaban J connectivity index is 0.752. The summed E-state index contributed by atoms with van der Waals surface area (Å²) in [6.45, 7) is 0.974. The highest BCUT2D eigenvalue weighted by molar-refractivity contribution is 8.00. The number of benzene rings is 4. The number of halogens is 3. The van der Waals surface area contributed by atoms with E-state index < -0.39 is 174 Å². The molecule has 538 valence electrons. The van der Waals surface area contributed by atoms with Crippen molar-refractivity contribution >= 4 is 114 Å². The number of fused-ring (bicyclic) bond motifs is 2. The fourth-order valence-corrected chi connectivity index (χ4v) is 14.2. The molecule has 7 rings (SSSR count). The first-order chi connectivity index (χ1) is 47.1. The summed E-state index contributed by atoms with van der Waals surface area (Å²) < 4.78 is 123. The van der Waals surface area contributed by atoms with Gasteiger partial charge in [-0.25, -0.2) is 40.3 Å². The normalized spacial score (nSPS) is 15.8. The molecule has 2 aliphatic heterocycles. The Morgan fingerprint density at radius 3 is 2.02 bits per heavy atom. The zero-order chi connectivity index (χ0) is 72.1. The van der Waals surface area contributed by atoms with Crippen LogP contribution in [0.2, 0.25) is 0 Å². The topological polar surface area (TPSA) is 438 Å². The maximum absolute atomic E-state index is 15.7. The molecule has 1 saturated heterocycles. The molecule has 99 heavy (non-hydrogen) atoms. The lowest BCUT2D eigenvalue weighted by Crippen LogP contribution is -2.47. The number of hydrogen-bond acceptors (Lipinski definition) is 22. The molecule has 10 N–H and O–H groups in total. The zero-order valence-electron chi connectivity index (χ0n) is 53.4. The SMILES string of the molecule is N[C@@H](CCC(=O)CCOCCOCCOCCOCCCC(=O)CCS(=O)(=O)c1c(F)c(F)c(NS(=O)O)c(F)c1NC1CCCCCCC1)C(=O)C[C@@H](CC(=O)O)C(=O)N[C@@H](CSC1CC(=O)N(c2ccc(-c3c4ccc(=O)cc-4oc4cc(O)ccc34)c(C(=O)O)c2)C1=O)C(=O)O. The van der Waals surface area contributed by atoms with E-state index in [-0.39, 0.29) is 125 Å². The summed E-state index contributed by atoms with van der Waals surface area (Å²) in [5.41, 5.74) is 3.83. The number of amides is 3. The number of rotatable bonds is 41. The highest BCUT2D eigenvalue weighted by atomic mass is 32.2. The van der Waals surface area contributed by atoms with Gasteiger partial charge in [-0.2, -0.15) is 0 Å². The molecule has 0 aromatic heterocycles. The van der Waals surface area contributed by atoms with Crippen LogP contribution in [-0.2, 0) is 78.4 Å². The smallest absolute Gasteiger partial charge is 0.336 e. The van der Waals surface area contributed by atoms with Gasteiger partial charge < -0.3 is 60.2 Å². The molecule has 2 aliphatic carbocycles. The van der Waals surface area contributed by atoms with Crippen molar-refractivity contribution in [3.8, 4) is 28.2 Å². The Kier molecular flexibility index (Phi) is 29.4. The average molecular weight is 1450 g/mol. The van der Waals surface area contributed by atoms with E-state index in [1.165, 1.54) is 48.5 Å². The molecule has 2 heterocycles. The molecular weight excluding hydrogens is 1370 g/mol.